The fraction of sp³-hybridized carbons (Fsp3) is 0.350. The number of benzene rings is 2. The largest absolute Gasteiger partial charge is 0.492 e. The molecule has 0 aliphatic heterocycles. The van der Waals surface area contributed by atoms with E-state index in [0.29, 0.717) is 13.2 Å². The van der Waals surface area contributed by atoms with Crippen LogP contribution in [0.3, 0.4) is 0 Å². The van der Waals surface area contributed by atoms with Gasteiger partial charge in [0.05, 0.1) is 6.54 Å². The second-order valence-corrected chi connectivity index (χ2v) is 5.92. The molecule has 0 saturated carbocycles. The Morgan fingerprint density at radius 2 is 1.83 bits per heavy atom. The molecule has 0 saturated heterocycles. The Morgan fingerprint density at radius 3 is 2.54 bits per heavy atom. The zero-order valence-electron chi connectivity index (χ0n) is 14.8. The molecule has 4 nitrogen and oxygen atoms in total. The summed E-state index contributed by atoms with van der Waals surface area (Å²) in [5, 5.41) is 2.83. The number of hydrogen-bond donors (Lipinski definition) is 1. The van der Waals surface area contributed by atoms with Gasteiger partial charge in [-0.2, -0.15) is 0 Å². The first-order chi connectivity index (χ1) is 11.5. The van der Waals surface area contributed by atoms with Crippen molar-refractivity contribution in [3.63, 3.8) is 0 Å². The van der Waals surface area contributed by atoms with E-state index in [9.17, 15) is 4.79 Å². The highest BCUT2D eigenvalue weighted by Crippen LogP contribution is 2.24. The molecule has 0 radical (unpaired) electrons. The third-order valence-electron chi connectivity index (χ3n) is 3.85. The average Bonchev–Trinajstić information content (AvgIpc) is 2.56. The van der Waals surface area contributed by atoms with E-state index in [1.54, 1.807) is 6.92 Å². The molecule has 2 rings (SSSR count). The summed E-state index contributed by atoms with van der Waals surface area (Å²) in [6.07, 6.45) is -0.554. The van der Waals surface area contributed by atoms with Gasteiger partial charge in [0.25, 0.3) is 5.91 Å². The Morgan fingerprint density at radius 1 is 1.12 bits per heavy atom. The molecule has 0 fully saturated rings. The number of para-hydroxylation sites is 1. The van der Waals surface area contributed by atoms with Crippen LogP contribution in [0.5, 0.6) is 11.5 Å². The predicted octanol–water partition coefficient (Wildman–Crippen LogP) is 3.57. The molecule has 2 aromatic rings. The molecule has 0 bridgehead atoms. The van der Waals surface area contributed by atoms with Crippen molar-refractivity contribution in [3.05, 3.63) is 59.2 Å². The maximum absolute atomic E-state index is 12.1. The van der Waals surface area contributed by atoms with Gasteiger partial charge in [0, 0.05) is 0 Å². The van der Waals surface area contributed by atoms with Crippen LogP contribution in [0.4, 0.5) is 0 Å². The second kappa shape index (κ2) is 8.39. The van der Waals surface area contributed by atoms with Crippen LogP contribution in [-0.4, -0.2) is 25.2 Å². The van der Waals surface area contributed by atoms with Gasteiger partial charge in [-0.1, -0.05) is 24.3 Å². The molecule has 0 spiro atoms. The van der Waals surface area contributed by atoms with Crippen LogP contribution in [0.1, 0.15) is 23.6 Å². The quantitative estimate of drug-likeness (QED) is 0.791. The molecule has 2 aromatic carbocycles. The van der Waals surface area contributed by atoms with Gasteiger partial charge in [0.15, 0.2) is 6.10 Å². The number of aryl methyl sites for hydroxylation is 2. The lowest BCUT2D eigenvalue weighted by Crippen LogP contribution is -2.38. The Bertz CT molecular complexity index is 683. The molecule has 0 unspecified atom stereocenters. The van der Waals surface area contributed by atoms with Crippen LogP contribution in [0.25, 0.3) is 0 Å². The molecular weight excluding hydrogens is 302 g/mol. The van der Waals surface area contributed by atoms with E-state index < -0.39 is 6.10 Å². The van der Waals surface area contributed by atoms with Crippen molar-refractivity contribution >= 4 is 5.91 Å². The average molecular weight is 327 g/mol. The highest BCUT2D eigenvalue weighted by atomic mass is 16.5. The van der Waals surface area contributed by atoms with Gasteiger partial charge in [-0.15, -0.1) is 0 Å². The van der Waals surface area contributed by atoms with Gasteiger partial charge in [-0.05, 0) is 62.6 Å². The lowest BCUT2D eigenvalue weighted by atomic mass is 10.1. The minimum Gasteiger partial charge on any atom is -0.492 e. The monoisotopic (exact) mass is 327 g/mol. The second-order valence-electron chi connectivity index (χ2n) is 5.92. The molecular formula is C20H25NO3. The fourth-order valence-corrected chi connectivity index (χ4v) is 2.37. The number of carbonyl (C=O) groups excluding carboxylic acids is 1. The first-order valence-corrected chi connectivity index (χ1v) is 8.17. The zero-order valence-corrected chi connectivity index (χ0v) is 14.8. The van der Waals surface area contributed by atoms with Crippen molar-refractivity contribution in [2.75, 3.05) is 13.2 Å². The normalized spacial score (nSPS) is 11.7. The standard InChI is InChI=1S/C20H25NO3/c1-14-12-15(2)16(3)19(13-14)24-17(4)20(22)21-10-11-23-18-8-6-5-7-9-18/h5-9,12-13,17H,10-11H2,1-4H3,(H,21,22)/t17-/m0/s1. The minimum absolute atomic E-state index is 0.148. The number of amides is 1. The molecule has 0 heterocycles. The van der Waals surface area contributed by atoms with Crippen molar-refractivity contribution in [1.82, 2.24) is 5.32 Å². The van der Waals surface area contributed by atoms with Crippen molar-refractivity contribution in [2.24, 2.45) is 0 Å². The van der Waals surface area contributed by atoms with Gasteiger partial charge in [-0.3, -0.25) is 4.79 Å². The molecule has 0 aliphatic rings. The van der Waals surface area contributed by atoms with E-state index in [1.165, 1.54) is 0 Å². The van der Waals surface area contributed by atoms with Crippen LogP contribution in [0, 0.1) is 20.8 Å². The van der Waals surface area contributed by atoms with Crippen molar-refractivity contribution in [1.29, 1.82) is 0 Å². The van der Waals surface area contributed by atoms with E-state index in [4.69, 9.17) is 9.47 Å². The number of nitrogens with one attached hydrogen (secondary N) is 1. The van der Waals surface area contributed by atoms with Gasteiger partial charge < -0.3 is 14.8 Å². The van der Waals surface area contributed by atoms with Crippen LogP contribution in [0.2, 0.25) is 0 Å². The topological polar surface area (TPSA) is 47.6 Å². The number of rotatable bonds is 7. The van der Waals surface area contributed by atoms with E-state index in [1.807, 2.05) is 57.2 Å². The smallest absolute Gasteiger partial charge is 0.260 e. The summed E-state index contributed by atoms with van der Waals surface area (Å²) in [6, 6.07) is 13.6. The highest BCUT2D eigenvalue weighted by Gasteiger charge is 2.16. The summed E-state index contributed by atoms with van der Waals surface area (Å²) in [4.78, 5) is 12.1. The van der Waals surface area contributed by atoms with Crippen LogP contribution in [-0.2, 0) is 4.79 Å². The summed E-state index contributed by atoms with van der Waals surface area (Å²) in [5.74, 6) is 1.41. The first-order valence-electron chi connectivity index (χ1n) is 8.17. The molecule has 0 aliphatic carbocycles. The number of carbonyl (C=O) groups is 1. The lowest BCUT2D eigenvalue weighted by molar-refractivity contribution is -0.127. The van der Waals surface area contributed by atoms with Gasteiger partial charge in [0.1, 0.15) is 18.1 Å². The molecule has 1 N–H and O–H groups in total. The molecule has 1 atom stereocenters. The molecule has 128 valence electrons. The zero-order chi connectivity index (χ0) is 17.5. The Kier molecular flexibility index (Phi) is 6.24. The van der Waals surface area contributed by atoms with Crippen molar-refractivity contribution < 1.29 is 14.3 Å². The van der Waals surface area contributed by atoms with E-state index in [0.717, 1.165) is 28.2 Å². The molecule has 4 heteroatoms. The fourth-order valence-electron chi connectivity index (χ4n) is 2.37. The lowest BCUT2D eigenvalue weighted by Gasteiger charge is -2.18. The Balaban J connectivity index is 1.80. The first kappa shape index (κ1) is 17.9. The van der Waals surface area contributed by atoms with Gasteiger partial charge in [-0.25, -0.2) is 0 Å². The van der Waals surface area contributed by atoms with Crippen LogP contribution in [0.15, 0.2) is 42.5 Å². The van der Waals surface area contributed by atoms with Gasteiger partial charge >= 0.3 is 0 Å². The maximum Gasteiger partial charge on any atom is 0.260 e. The summed E-state index contributed by atoms with van der Waals surface area (Å²) >= 11 is 0. The maximum atomic E-state index is 12.1. The van der Waals surface area contributed by atoms with Crippen molar-refractivity contribution in [3.8, 4) is 11.5 Å². The van der Waals surface area contributed by atoms with Crippen LogP contribution >= 0.6 is 0 Å². The Hall–Kier alpha value is -2.49. The summed E-state index contributed by atoms with van der Waals surface area (Å²) in [5.41, 5.74) is 3.35. The van der Waals surface area contributed by atoms with Gasteiger partial charge in [0.2, 0.25) is 0 Å². The highest BCUT2D eigenvalue weighted by molar-refractivity contribution is 5.80. The third-order valence-corrected chi connectivity index (χ3v) is 3.85. The number of hydrogen-bond acceptors (Lipinski definition) is 3. The molecule has 1 amide bonds. The van der Waals surface area contributed by atoms with E-state index >= 15 is 0 Å². The summed E-state index contributed by atoms with van der Waals surface area (Å²) in [6.45, 7) is 8.68. The Labute approximate surface area is 143 Å². The van der Waals surface area contributed by atoms with E-state index in [-0.39, 0.29) is 5.91 Å². The predicted molar refractivity (Wildman–Crippen MR) is 95.7 cm³/mol. The minimum atomic E-state index is -0.554. The SMILES string of the molecule is Cc1cc(C)c(C)c(O[C@@H](C)C(=O)NCCOc2ccccc2)c1. The molecule has 24 heavy (non-hydrogen) atoms. The van der Waals surface area contributed by atoms with Crippen LogP contribution < -0.4 is 14.8 Å². The summed E-state index contributed by atoms with van der Waals surface area (Å²) in [7, 11) is 0. The molecule has 0 aromatic heterocycles. The van der Waals surface area contributed by atoms with Crippen molar-refractivity contribution in [2.45, 2.75) is 33.8 Å². The number of ether oxygens (including phenoxy) is 2. The summed E-state index contributed by atoms with van der Waals surface area (Å²) < 4.78 is 11.4. The van der Waals surface area contributed by atoms with E-state index in [2.05, 4.69) is 11.4 Å². The third kappa shape index (κ3) is 5.01.